The molecule has 1 aromatic rings. The molecule has 22 heavy (non-hydrogen) atoms. The summed E-state index contributed by atoms with van der Waals surface area (Å²) in [5.74, 6) is 0.0860. The van der Waals surface area contributed by atoms with E-state index >= 15 is 0 Å². The molecule has 5 nitrogen and oxygen atoms in total. The number of nitrogens with one attached hydrogen (secondary N) is 1. The van der Waals surface area contributed by atoms with Crippen molar-refractivity contribution in [3.63, 3.8) is 0 Å². The van der Waals surface area contributed by atoms with Crippen molar-refractivity contribution in [2.24, 2.45) is 5.41 Å². The highest BCUT2D eigenvalue weighted by molar-refractivity contribution is 5.80. The standard InChI is InChI=1S/C17H27N3O2/c1-3-22-15-11-14(17(15)7-5-4-6-8-17)19-16(21)13(2)20-10-9-18-12-20/h9-10,12-15H,3-8,11H2,1-2H3,(H,19,21)/t13-,14+,15+/m0/s1. The van der Waals surface area contributed by atoms with Crippen LogP contribution in [0.1, 0.15) is 58.4 Å². The molecule has 1 aromatic heterocycles. The maximum atomic E-state index is 12.5. The first-order valence-electron chi connectivity index (χ1n) is 8.57. The molecular formula is C17H27N3O2. The Balaban J connectivity index is 1.65. The summed E-state index contributed by atoms with van der Waals surface area (Å²) < 4.78 is 7.80. The van der Waals surface area contributed by atoms with E-state index in [0.29, 0.717) is 6.10 Å². The summed E-state index contributed by atoms with van der Waals surface area (Å²) in [6.45, 7) is 4.74. The first kappa shape index (κ1) is 15.5. The highest BCUT2D eigenvalue weighted by atomic mass is 16.5. The zero-order valence-corrected chi connectivity index (χ0v) is 13.6. The van der Waals surface area contributed by atoms with Gasteiger partial charge in [0.2, 0.25) is 5.91 Å². The predicted octanol–water partition coefficient (Wildman–Crippen LogP) is 2.69. The predicted molar refractivity (Wildman–Crippen MR) is 84.4 cm³/mol. The molecule has 2 fully saturated rings. The van der Waals surface area contributed by atoms with Gasteiger partial charge in [-0.15, -0.1) is 0 Å². The van der Waals surface area contributed by atoms with Crippen molar-refractivity contribution in [3.8, 4) is 0 Å². The number of carbonyl (C=O) groups excluding carboxylic acids is 1. The van der Waals surface area contributed by atoms with Crippen LogP contribution in [-0.4, -0.2) is 34.2 Å². The quantitative estimate of drug-likeness (QED) is 0.910. The molecule has 1 amide bonds. The number of amides is 1. The Morgan fingerprint density at radius 1 is 1.45 bits per heavy atom. The van der Waals surface area contributed by atoms with Crippen LogP contribution in [0.3, 0.4) is 0 Å². The number of nitrogens with zero attached hydrogens (tertiary/aromatic N) is 2. The molecule has 2 aliphatic rings. The van der Waals surface area contributed by atoms with Gasteiger partial charge in [-0.2, -0.15) is 0 Å². The Morgan fingerprint density at radius 3 is 2.86 bits per heavy atom. The van der Waals surface area contributed by atoms with Gasteiger partial charge in [-0.25, -0.2) is 4.98 Å². The molecule has 5 heteroatoms. The second-order valence-electron chi connectivity index (χ2n) is 6.72. The monoisotopic (exact) mass is 305 g/mol. The molecular weight excluding hydrogens is 278 g/mol. The molecule has 1 heterocycles. The van der Waals surface area contributed by atoms with E-state index in [2.05, 4.69) is 17.2 Å². The van der Waals surface area contributed by atoms with Crippen molar-refractivity contribution < 1.29 is 9.53 Å². The number of ether oxygens (including phenoxy) is 1. The van der Waals surface area contributed by atoms with E-state index in [-0.39, 0.29) is 23.4 Å². The second-order valence-corrected chi connectivity index (χ2v) is 6.72. The van der Waals surface area contributed by atoms with Gasteiger partial charge < -0.3 is 14.6 Å². The van der Waals surface area contributed by atoms with Gasteiger partial charge in [0.25, 0.3) is 0 Å². The van der Waals surface area contributed by atoms with Crippen LogP contribution >= 0.6 is 0 Å². The van der Waals surface area contributed by atoms with Crippen molar-refractivity contribution in [2.75, 3.05) is 6.61 Å². The SMILES string of the molecule is CCO[C@@H]1C[C@@H](NC(=O)[C@H](C)n2ccnc2)C12CCCCC2. The first-order chi connectivity index (χ1) is 10.7. The van der Waals surface area contributed by atoms with E-state index in [1.807, 2.05) is 17.7 Å². The van der Waals surface area contributed by atoms with Crippen molar-refractivity contribution in [1.29, 1.82) is 0 Å². The van der Waals surface area contributed by atoms with Gasteiger partial charge in [-0.05, 0) is 33.1 Å². The Bertz CT molecular complexity index is 494. The van der Waals surface area contributed by atoms with E-state index < -0.39 is 0 Å². The third-order valence-corrected chi connectivity index (χ3v) is 5.61. The third kappa shape index (κ3) is 2.67. The van der Waals surface area contributed by atoms with E-state index in [0.717, 1.165) is 13.0 Å². The van der Waals surface area contributed by atoms with Crippen molar-refractivity contribution >= 4 is 5.91 Å². The largest absolute Gasteiger partial charge is 0.378 e. The van der Waals surface area contributed by atoms with Gasteiger partial charge in [-0.3, -0.25) is 4.79 Å². The molecule has 0 radical (unpaired) electrons. The van der Waals surface area contributed by atoms with Crippen LogP contribution < -0.4 is 5.32 Å². The number of rotatable bonds is 5. The summed E-state index contributed by atoms with van der Waals surface area (Å²) in [7, 11) is 0. The molecule has 0 aromatic carbocycles. The van der Waals surface area contributed by atoms with E-state index in [1.165, 1.54) is 32.1 Å². The van der Waals surface area contributed by atoms with Crippen LogP contribution in [0.5, 0.6) is 0 Å². The van der Waals surface area contributed by atoms with Gasteiger partial charge in [0.05, 0.1) is 12.4 Å². The summed E-state index contributed by atoms with van der Waals surface area (Å²) in [5.41, 5.74) is 0.179. The van der Waals surface area contributed by atoms with Crippen LogP contribution in [0.4, 0.5) is 0 Å². The minimum Gasteiger partial charge on any atom is -0.378 e. The minimum atomic E-state index is -0.214. The lowest BCUT2D eigenvalue weighted by Crippen LogP contribution is -2.65. The van der Waals surface area contributed by atoms with Gasteiger partial charge in [-0.1, -0.05) is 19.3 Å². The van der Waals surface area contributed by atoms with Crippen molar-refractivity contribution in [2.45, 2.75) is 70.6 Å². The fraction of sp³-hybridized carbons (Fsp3) is 0.765. The molecule has 0 unspecified atom stereocenters. The van der Waals surface area contributed by atoms with E-state index in [4.69, 9.17) is 4.74 Å². The van der Waals surface area contributed by atoms with Crippen LogP contribution in [0.15, 0.2) is 18.7 Å². The molecule has 1 N–H and O–H groups in total. The van der Waals surface area contributed by atoms with Gasteiger partial charge >= 0.3 is 0 Å². The van der Waals surface area contributed by atoms with Crippen LogP contribution in [0, 0.1) is 5.41 Å². The molecule has 1 spiro atoms. The zero-order valence-electron chi connectivity index (χ0n) is 13.6. The van der Waals surface area contributed by atoms with Gasteiger partial charge in [0.1, 0.15) is 6.04 Å². The molecule has 0 bridgehead atoms. The fourth-order valence-electron chi connectivity index (χ4n) is 4.19. The number of carbonyl (C=O) groups is 1. The smallest absolute Gasteiger partial charge is 0.243 e. The topological polar surface area (TPSA) is 56.1 Å². The van der Waals surface area contributed by atoms with Crippen LogP contribution in [-0.2, 0) is 9.53 Å². The summed E-state index contributed by atoms with van der Waals surface area (Å²) in [6.07, 6.45) is 12.7. The number of hydrogen-bond acceptors (Lipinski definition) is 3. The lowest BCUT2D eigenvalue weighted by atomic mass is 9.55. The Morgan fingerprint density at radius 2 is 2.23 bits per heavy atom. The molecule has 3 atom stereocenters. The Labute approximate surface area is 132 Å². The summed E-state index contributed by atoms with van der Waals surface area (Å²) >= 11 is 0. The fourth-order valence-corrected chi connectivity index (χ4v) is 4.19. The maximum absolute atomic E-state index is 12.5. The molecule has 0 aliphatic heterocycles. The van der Waals surface area contributed by atoms with E-state index in [9.17, 15) is 4.79 Å². The Kier molecular flexibility index (Phi) is 4.52. The summed E-state index contributed by atoms with van der Waals surface area (Å²) in [4.78, 5) is 16.6. The molecule has 2 aliphatic carbocycles. The highest BCUT2D eigenvalue weighted by Crippen LogP contribution is 2.53. The molecule has 0 saturated heterocycles. The highest BCUT2D eigenvalue weighted by Gasteiger charge is 2.56. The number of imidazole rings is 1. The number of aromatic nitrogens is 2. The van der Waals surface area contributed by atoms with Gasteiger partial charge in [0.15, 0.2) is 0 Å². The normalized spacial score (nSPS) is 28.1. The Hall–Kier alpha value is -1.36. The average Bonchev–Trinajstić information content (AvgIpc) is 3.08. The van der Waals surface area contributed by atoms with Crippen molar-refractivity contribution in [1.82, 2.24) is 14.9 Å². The summed E-state index contributed by atoms with van der Waals surface area (Å²) in [6, 6.07) is 0.0529. The maximum Gasteiger partial charge on any atom is 0.243 e. The number of hydrogen-bond donors (Lipinski definition) is 1. The average molecular weight is 305 g/mol. The van der Waals surface area contributed by atoms with Crippen LogP contribution in [0.25, 0.3) is 0 Å². The lowest BCUT2D eigenvalue weighted by Gasteiger charge is -2.57. The van der Waals surface area contributed by atoms with Crippen LogP contribution in [0.2, 0.25) is 0 Å². The zero-order chi connectivity index (χ0) is 15.6. The van der Waals surface area contributed by atoms with E-state index in [1.54, 1.807) is 12.5 Å². The minimum absolute atomic E-state index is 0.0860. The molecule has 3 rings (SSSR count). The third-order valence-electron chi connectivity index (χ3n) is 5.61. The molecule has 2 saturated carbocycles. The lowest BCUT2D eigenvalue weighted by molar-refractivity contribution is -0.158. The van der Waals surface area contributed by atoms with Gasteiger partial charge in [0, 0.05) is 30.5 Å². The summed E-state index contributed by atoms with van der Waals surface area (Å²) in [5, 5.41) is 3.29. The first-order valence-corrected chi connectivity index (χ1v) is 8.57. The molecule has 122 valence electrons. The van der Waals surface area contributed by atoms with Crippen molar-refractivity contribution in [3.05, 3.63) is 18.7 Å². The second kappa shape index (κ2) is 6.41.